The van der Waals surface area contributed by atoms with E-state index in [0.717, 1.165) is 10.0 Å². The van der Waals surface area contributed by atoms with Crippen LogP contribution in [0.5, 0.6) is 5.75 Å². The summed E-state index contributed by atoms with van der Waals surface area (Å²) < 4.78 is 12.3. The van der Waals surface area contributed by atoms with Gasteiger partial charge in [-0.3, -0.25) is 4.79 Å². The molecule has 1 amide bonds. The van der Waals surface area contributed by atoms with Gasteiger partial charge in [-0.2, -0.15) is 5.01 Å². The molecule has 0 saturated heterocycles. The summed E-state index contributed by atoms with van der Waals surface area (Å²) in [7, 11) is 0. The average molecular weight is 444 g/mol. The molecule has 5 nitrogen and oxygen atoms in total. The molecule has 0 aliphatic carbocycles. The number of ether oxygens (including phenoxy) is 2. The molecule has 2 aromatic rings. The van der Waals surface area contributed by atoms with E-state index in [0.29, 0.717) is 15.8 Å². The number of carbonyl (C=O) groups is 1. The summed E-state index contributed by atoms with van der Waals surface area (Å²) >= 11 is 15.3. The van der Waals surface area contributed by atoms with Gasteiger partial charge in [-0.15, -0.1) is 5.10 Å². The molecule has 0 radical (unpaired) electrons. The van der Waals surface area contributed by atoms with Crippen LogP contribution in [0.3, 0.4) is 0 Å². The molecule has 0 spiro atoms. The van der Waals surface area contributed by atoms with Gasteiger partial charge in [0.15, 0.2) is 6.61 Å². The molecule has 1 unspecified atom stereocenters. The van der Waals surface area contributed by atoms with Gasteiger partial charge < -0.3 is 9.47 Å². The van der Waals surface area contributed by atoms with Crippen LogP contribution in [-0.2, 0) is 9.53 Å². The van der Waals surface area contributed by atoms with Crippen LogP contribution in [0, 0.1) is 0 Å². The minimum Gasteiger partial charge on any atom is -0.482 e. The topological polar surface area (TPSA) is 51.1 Å². The van der Waals surface area contributed by atoms with Gasteiger partial charge in [0.1, 0.15) is 5.75 Å². The van der Waals surface area contributed by atoms with E-state index in [1.165, 1.54) is 11.9 Å². The summed E-state index contributed by atoms with van der Waals surface area (Å²) in [6.07, 6.45) is -0.620. The summed E-state index contributed by atoms with van der Waals surface area (Å²) in [5.74, 6) is 0.514. The third-order valence-corrected chi connectivity index (χ3v) is 4.47. The fourth-order valence-corrected chi connectivity index (χ4v) is 2.97. The lowest BCUT2D eigenvalue weighted by Crippen LogP contribution is -2.25. The average Bonchev–Trinajstić information content (AvgIpc) is 2.99. The first kappa shape index (κ1) is 18.0. The summed E-state index contributed by atoms with van der Waals surface area (Å²) in [5.41, 5.74) is 0.807. The van der Waals surface area contributed by atoms with Crippen LogP contribution in [0.15, 0.2) is 52.0 Å². The van der Waals surface area contributed by atoms with Crippen molar-refractivity contribution < 1.29 is 14.3 Å². The van der Waals surface area contributed by atoms with Crippen molar-refractivity contribution in [3.63, 3.8) is 0 Å². The normalized spacial score (nSPS) is 16.4. The number of hydrogen-bond donors (Lipinski definition) is 0. The van der Waals surface area contributed by atoms with Crippen molar-refractivity contribution in [3.05, 3.63) is 62.5 Å². The van der Waals surface area contributed by atoms with E-state index < -0.39 is 6.23 Å². The molecule has 1 aliphatic heterocycles. The fourth-order valence-electron chi connectivity index (χ4n) is 2.24. The first-order valence-electron chi connectivity index (χ1n) is 7.31. The van der Waals surface area contributed by atoms with Crippen molar-refractivity contribution in [2.45, 2.75) is 13.2 Å². The van der Waals surface area contributed by atoms with Crippen molar-refractivity contribution >= 4 is 50.9 Å². The molecular weight excluding hydrogens is 431 g/mol. The third kappa shape index (κ3) is 4.26. The molecule has 1 atom stereocenters. The van der Waals surface area contributed by atoms with E-state index in [9.17, 15) is 4.79 Å². The Balaban J connectivity index is 1.73. The van der Waals surface area contributed by atoms with E-state index in [2.05, 4.69) is 21.0 Å². The number of carbonyl (C=O) groups excluding carboxylic acids is 1. The molecule has 0 N–H and O–H groups in total. The highest BCUT2D eigenvalue weighted by Gasteiger charge is 2.32. The van der Waals surface area contributed by atoms with Gasteiger partial charge in [0.05, 0.1) is 5.02 Å². The largest absolute Gasteiger partial charge is 0.482 e. The summed E-state index contributed by atoms with van der Waals surface area (Å²) in [5, 5.41) is 6.39. The molecule has 0 bridgehead atoms. The zero-order chi connectivity index (χ0) is 18.0. The van der Waals surface area contributed by atoms with E-state index >= 15 is 0 Å². The second-order valence-corrected chi connectivity index (χ2v) is 7.00. The number of hydrazone groups is 1. The second-order valence-electron chi connectivity index (χ2n) is 5.24. The van der Waals surface area contributed by atoms with Crippen LogP contribution in [0.4, 0.5) is 0 Å². The molecule has 1 heterocycles. The smallest absolute Gasteiger partial charge is 0.247 e. The molecule has 25 heavy (non-hydrogen) atoms. The zero-order valence-corrected chi connectivity index (χ0v) is 16.2. The maximum Gasteiger partial charge on any atom is 0.247 e. The Bertz CT molecular complexity index is 827. The molecule has 3 rings (SSSR count). The monoisotopic (exact) mass is 442 g/mol. The lowest BCUT2D eigenvalue weighted by molar-refractivity contribution is -0.135. The lowest BCUT2D eigenvalue weighted by Gasteiger charge is -2.19. The minimum absolute atomic E-state index is 0.0398. The van der Waals surface area contributed by atoms with Gasteiger partial charge in [-0.1, -0.05) is 51.3 Å². The Kier molecular flexibility index (Phi) is 5.51. The lowest BCUT2D eigenvalue weighted by atomic mass is 10.2. The SMILES string of the molecule is CC(=O)N1N=C(COc2ccc(Cl)cc2Cl)OC1c1ccc(Br)cc1. The summed E-state index contributed by atoms with van der Waals surface area (Å²) in [4.78, 5) is 11.9. The van der Waals surface area contributed by atoms with Crippen molar-refractivity contribution in [1.29, 1.82) is 0 Å². The number of hydrogen-bond acceptors (Lipinski definition) is 4. The van der Waals surface area contributed by atoms with Crippen LogP contribution in [0.25, 0.3) is 0 Å². The number of rotatable bonds is 4. The van der Waals surface area contributed by atoms with Crippen molar-refractivity contribution in [1.82, 2.24) is 5.01 Å². The molecule has 130 valence electrons. The molecule has 1 aliphatic rings. The molecule has 8 heteroatoms. The van der Waals surface area contributed by atoms with Crippen LogP contribution < -0.4 is 4.74 Å². The second kappa shape index (κ2) is 7.64. The highest BCUT2D eigenvalue weighted by Crippen LogP contribution is 2.31. The number of nitrogens with zero attached hydrogens (tertiary/aromatic N) is 2. The fraction of sp³-hybridized carbons (Fsp3) is 0.176. The predicted octanol–water partition coefficient (Wildman–Crippen LogP) is 5.03. The highest BCUT2D eigenvalue weighted by atomic mass is 79.9. The maximum atomic E-state index is 11.9. The number of halogens is 3. The Hall–Kier alpha value is -1.76. The summed E-state index contributed by atoms with van der Waals surface area (Å²) in [6, 6.07) is 12.4. The zero-order valence-electron chi connectivity index (χ0n) is 13.1. The molecule has 0 saturated carbocycles. The van der Waals surface area contributed by atoms with Crippen molar-refractivity contribution in [2.75, 3.05) is 6.61 Å². The summed E-state index contributed by atoms with van der Waals surface area (Å²) in [6.45, 7) is 1.47. The number of amides is 1. The van der Waals surface area contributed by atoms with E-state index in [-0.39, 0.29) is 18.4 Å². The van der Waals surface area contributed by atoms with Gasteiger partial charge in [0, 0.05) is 22.0 Å². The molecule has 0 aromatic heterocycles. The van der Waals surface area contributed by atoms with Crippen molar-refractivity contribution in [3.8, 4) is 5.75 Å². The van der Waals surface area contributed by atoms with E-state index in [4.69, 9.17) is 32.7 Å². The molecule has 0 fully saturated rings. The Labute approximate surface area is 163 Å². The third-order valence-electron chi connectivity index (χ3n) is 3.41. The van der Waals surface area contributed by atoms with Gasteiger partial charge in [-0.25, -0.2) is 0 Å². The first-order valence-corrected chi connectivity index (χ1v) is 8.86. The van der Waals surface area contributed by atoms with E-state index in [1.807, 2.05) is 24.3 Å². The van der Waals surface area contributed by atoms with Gasteiger partial charge in [-0.05, 0) is 30.3 Å². The van der Waals surface area contributed by atoms with Crippen LogP contribution in [-0.4, -0.2) is 23.4 Å². The van der Waals surface area contributed by atoms with Gasteiger partial charge in [0.2, 0.25) is 18.0 Å². The predicted molar refractivity (Wildman–Crippen MR) is 99.9 cm³/mol. The molecular formula is C17H13BrCl2N2O3. The first-order chi connectivity index (χ1) is 11.9. The molecule has 2 aromatic carbocycles. The van der Waals surface area contributed by atoms with Crippen LogP contribution in [0.2, 0.25) is 10.0 Å². The highest BCUT2D eigenvalue weighted by molar-refractivity contribution is 9.10. The van der Waals surface area contributed by atoms with Gasteiger partial charge >= 0.3 is 0 Å². The minimum atomic E-state index is -0.620. The van der Waals surface area contributed by atoms with Crippen molar-refractivity contribution in [2.24, 2.45) is 5.10 Å². The Morgan fingerprint density at radius 2 is 2.00 bits per heavy atom. The number of benzene rings is 2. The van der Waals surface area contributed by atoms with Gasteiger partial charge in [0.25, 0.3) is 0 Å². The van der Waals surface area contributed by atoms with E-state index in [1.54, 1.807) is 18.2 Å². The quantitative estimate of drug-likeness (QED) is 0.666. The maximum absolute atomic E-state index is 11.9. The van der Waals surface area contributed by atoms with Crippen LogP contribution >= 0.6 is 39.1 Å². The Morgan fingerprint density at radius 1 is 1.28 bits per heavy atom. The van der Waals surface area contributed by atoms with Crippen LogP contribution in [0.1, 0.15) is 18.7 Å². The standard InChI is InChI=1S/C17H13BrCl2N2O3/c1-10(23)22-17(11-2-4-12(18)5-3-11)25-16(21-22)9-24-15-7-6-13(19)8-14(15)20/h2-8,17H,9H2,1H3. The Morgan fingerprint density at radius 3 is 2.64 bits per heavy atom.